The number of carbonyl (C=O) groups excluding carboxylic acids is 2. The molecule has 1 aromatic carbocycles. The van der Waals surface area contributed by atoms with E-state index in [1.165, 1.54) is 6.20 Å². The van der Waals surface area contributed by atoms with Crippen molar-refractivity contribution < 1.29 is 19.1 Å². The topological polar surface area (TPSA) is 68.4 Å². The van der Waals surface area contributed by atoms with Crippen molar-refractivity contribution in [1.82, 2.24) is 4.98 Å². The minimum Gasteiger partial charge on any atom is -0.454 e. The summed E-state index contributed by atoms with van der Waals surface area (Å²) in [6, 6.07) is 3.37. The largest absolute Gasteiger partial charge is 0.454 e. The smallest absolute Gasteiger partial charge is 0.293 e. The van der Waals surface area contributed by atoms with Gasteiger partial charge in [0.25, 0.3) is 5.24 Å². The molecule has 1 aromatic heterocycles. The van der Waals surface area contributed by atoms with Crippen molar-refractivity contribution in [3.05, 3.63) is 23.9 Å². The van der Waals surface area contributed by atoms with Gasteiger partial charge in [-0.15, -0.1) is 0 Å². The quantitative estimate of drug-likeness (QED) is 0.502. The van der Waals surface area contributed by atoms with E-state index in [4.69, 9.17) is 21.1 Å². The lowest BCUT2D eigenvalue weighted by Gasteiger charge is -1.97. The standard InChI is InChI=1S/C11H6ClNO4/c12-11(15)10(14)6-3-13-7-2-9-8(1-5(6)7)16-4-17-9/h1-3,13H,4H2. The van der Waals surface area contributed by atoms with Crippen molar-refractivity contribution in [2.75, 3.05) is 6.79 Å². The summed E-state index contributed by atoms with van der Waals surface area (Å²) >= 11 is 5.18. The van der Waals surface area contributed by atoms with Crippen LogP contribution >= 0.6 is 11.6 Å². The van der Waals surface area contributed by atoms with Crippen LogP contribution in [0.1, 0.15) is 10.4 Å². The summed E-state index contributed by atoms with van der Waals surface area (Å²) in [4.78, 5) is 25.3. The van der Waals surface area contributed by atoms with Gasteiger partial charge in [-0.05, 0) is 17.7 Å². The predicted octanol–water partition coefficient (Wildman–Crippen LogP) is 1.84. The Morgan fingerprint density at radius 2 is 1.94 bits per heavy atom. The van der Waals surface area contributed by atoms with Gasteiger partial charge in [0.15, 0.2) is 11.5 Å². The molecular weight excluding hydrogens is 246 g/mol. The molecule has 0 saturated heterocycles. The zero-order valence-corrected chi connectivity index (χ0v) is 9.21. The number of nitrogens with one attached hydrogen (secondary N) is 1. The van der Waals surface area contributed by atoms with E-state index in [1.54, 1.807) is 12.1 Å². The van der Waals surface area contributed by atoms with Gasteiger partial charge in [0.2, 0.25) is 12.6 Å². The molecule has 0 aliphatic carbocycles. The second kappa shape index (κ2) is 3.49. The van der Waals surface area contributed by atoms with Crippen LogP contribution in [0.2, 0.25) is 0 Å². The molecule has 0 unspecified atom stereocenters. The van der Waals surface area contributed by atoms with Crippen molar-refractivity contribution >= 4 is 33.5 Å². The summed E-state index contributed by atoms with van der Waals surface area (Å²) in [5.41, 5.74) is 0.925. The highest BCUT2D eigenvalue weighted by Gasteiger charge is 2.21. The Kier molecular flexibility index (Phi) is 2.09. The van der Waals surface area contributed by atoms with Crippen LogP contribution in [0.3, 0.4) is 0 Å². The highest BCUT2D eigenvalue weighted by atomic mass is 35.5. The molecule has 1 aliphatic heterocycles. The second-order valence-electron chi connectivity index (χ2n) is 3.56. The van der Waals surface area contributed by atoms with E-state index in [9.17, 15) is 9.59 Å². The third kappa shape index (κ3) is 1.47. The van der Waals surface area contributed by atoms with Crippen LogP contribution in [-0.2, 0) is 4.79 Å². The number of aromatic amines is 1. The Labute approximate surface area is 100 Å². The van der Waals surface area contributed by atoms with Crippen LogP contribution in [0, 0.1) is 0 Å². The highest BCUT2D eigenvalue weighted by Crippen LogP contribution is 2.36. The molecule has 3 rings (SSSR count). The molecule has 0 spiro atoms. The second-order valence-corrected chi connectivity index (χ2v) is 3.90. The van der Waals surface area contributed by atoms with Gasteiger partial charge in [-0.2, -0.15) is 0 Å². The lowest BCUT2D eigenvalue weighted by Crippen LogP contribution is -2.06. The maximum absolute atomic E-state index is 11.5. The van der Waals surface area contributed by atoms with Gasteiger partial charge >= 0.3 is 0 Å². The summed E-state index contributed by atoms with van der Waals surface area (Å²) in [7, 11) is 0. The first-order valence-electron chi connectivity index (χ1n) is 4.81. The monoisotopic (exact) mass is 251 g/mol. The van der Waals surface area contributed by atoms with Gasteiger partial charge in [0.05, 0.1) is 11.1 Å². The maximum Gasteiger partial charge on any atom is 0.293 e. The number of ether oxygens (including phenoxy) is 2. The minimum atomic E-state index is -1.01. The first kappa shape index (κ1) is 10.2. The normalized spacial score (nSPS) is 13.0. The lowest BCUT2D eigenvalue weighted by atomic mass is 10.1. The van der Waals surface area contributed by atoms with Crippen LogP contribution in [-0.4, -0.2) is 22.8 Å². The third-order valence-corrected chi connectivity index (χ3v) is 2.77. The number of fused-ring (bicyclic) bond motifs is 2. The molecule has 0 saturated carbocycles. The van der Waals surface area contributed by atoms with E-state index < -0.39 is 11.0 Å². The van der Waals surface area contributed by atoms with Gasteiger partial charge in [-0.25, -0.2) is 0 Å². The number of aromatic nitrogens is 1. The number of rotatable bonds is 2. The molecule has 86 valence electrons. The summed E-state index contributed by atoms with van der Waals surface area (Å²) < 4.78 is 10.4. The van der Waals surface area contributed by atoms with E-state index >= 15 is 0 Å². The number of Topliss-reactive ketones (excluding diaryl/α,β-unsaturated/α-hetero) is 1. The van der Waals surface area contributed by atoms with Crippen molar-refractivity contribution in [3.63, 3.8) is 0 Å². The highest BCUT2D eigenvalue weighted by molar-refractivity contribution is 6.83. The van der Waals surface area contributed by atoms with Gasteiger partial charge < -0.3 is 14.5 Å². The fourth-order valence-electron chi connectivity index (χ4n) is 1.81. The Morgan fingerprint density at radius 3 is 2.65 bits per heavy atom. The zero-order valence-electron chi connectivity index (χ0n) is 8.45. The molecular formula is C11H6ClNO4. The molecule has 5 nitrogen and oxygen atoms in total. The molecule has 0 atom stereocenters. The molecule has 1 aliphatic rings. The Balaban J connectivity index is 2.22. The van der Waals surface area contributed by atoms with Crippen molar-refractivity contribution in [3.8, 4) is 11.5 Å². The van der Waals surface area contributed by atoms with Crippen LogP contribution < -0.4 is 9.47 Å². The molecule has 2 heterocycles. The first-order valence-corrected chi connectivity index (χ1v) is 5.19. The lowest BCUT2D eigenvalue weighted by molar-refractivity contribution is -0.108. The van der Waals surface area contributed by atoms with Crippen molar-refractivity contribution in [1.29, 1.82) is 0 Å². The fourth-order valence-corrected chi connectivity index (χ4v) is 1.91. The number of benzene rings is 1. The minimum absolute atomic E-state index is 0.152. The number of ketones is 1. The summed E-state index contributed by atoms with van der Waals surface area (Å²) in [5, 5.41) is -0.420. The molecule has 0 fully saturated rings. The molecule has 0 radical (unpaired) electrons. The van der Waals surface area contributed by atoms with Crippen molar-refractivity contribution in [2.24, 2.45) is 0 Å². The average molecular weight is 252 g/mol. The molecule has 17 heavy (non-hydrogen) atoms. The maximum atomic E-state index is 11.5. The number of hydrogen-bond acceptors (Lipinski definition) is 4. The van der Waals surface area contributed by atoms with E-state index in [2.05, 4.69) is 4.98 Å². The van der Waals surface area contributed by atoms with Crippen LogP contribution in [0.5, 0.6) is 11.5 Å². The van der Waals surface area contributed by atoms with Gasteiger partial charge in [0, 0.05) is 17.6 Å². The number of halogens is 1. The molecule has 6 heteroatoms. The number of hydrogen-bond donors (Lipinski definition) is 1. The Hall–Kier alpha value is -2.01. The van der Waals surface area contributed by atoms with Crippen molar-refractivity contribution in [2.45, 2.75) is 0 Å². The van der Waals surface area contributed by atoms with E-state index in [1.807, 2.05) is 0 Å². The summed E-state index contributed by atoms with van der Waals surface area (Å²) in [6.45, 7) is 0.152. The number of carbonyl (C=O) groups is 2. The van der Waals surface area contributed by atoms with Crippen LogP contribution in [0.25, 0.3) is 10.9 Å². The molecule has 0 amide bonds. The van der Waals surface area contributed by atoms with Gasteiger partial charge in [-0.1, -0.05) is 0 Å². The molecule has 1 N–H and O–H groups in total. The Bertz CT molecular complexity index is 646. The first-order chi connectivity index (χ1) is 8.16. The van der Waals surface area contributed by atoms with Gasteiger partial charge in [-0.3, -0.25) is 9.59 Å². The van der Waals surface area contributed by atoms with Crippen LogP contribution in [0.15, 0.2) is 18.3 Å². The van der Waals surface area contributed by atoms with E-state index in [0.29, 0.717) is 22.4 Å². The average Bonchev–Trinajstić information content (AvgIpc) is 2.89. The molecule has 2 aromatic rings. The third-order valence-electron chi connectivity index (χ3n) is 2.60. The fraction of sp³-hybridized carbons (Fsp3) is 0.0909. The Morgan fingerprint density at radius 1 is 1.24 bits per heavy atom. The predicted molar refractivity (Wildman–Crippen MR) is 59.6 cm³/mol. The zero-order chi connectivity index (χ0) is 12.0. The van der Waals surface area contributed by atoms with Crippen LogP contribution in [0.4, 0.5) is 0 Å². The van der Waals surface area contributed by atoms with Gasteiger partial charge in [0.1, 0.15) is 0 Å². The van der Waals surface area contributed by atoms with E-state index in [0.717, 1.165) is 0 Å². The summed E-state index contributed by atoms with van der Waals surface area (Å²) in [5.74, 6) is 0.417. The number of H-pyrrole nitrogens is 1. The SMILES string of the molecule is O=C(Cl)C(=O)c1c[nH]c2cc3c(cc12)OCO3. The van der Waals surface area contributed by atoms with E-state index in [-0.39, 0.29) is 12.4 Å². The summed E-state index contributed by atoms with van der Waals surface area (Å²) in [6.07, 6.45) is 1.45. The molecule has 0 bridgehead atoms.